The molecule has 0 spiro atoms. The summed E-state index contributed by atoms with van der Waals surface area (Å²) in [7, 11) is 0.952. The van der Waals surface area contributed by atoms with Crippen molar-refractivity contribution in [3.05, 3.63) is 17.9 Å². The van der Waals surface area contributed by atoms with Crippen molar-refractivity contribution in [3.63, 3.8) is 0 Å². The molecule has 0 N–H and O–H groups in total. The van der Waals surface area contributed by atoms with Crippen LogP contribution in [0.15, 0.2) is 17.0 Å². The van der Waals surface area contributed by atoms with Gasteiger partial charge in [-0.05, 0) is 12.1 Å². The maximum Gasteiger partial charge on any atom is 0.268 e. The Labute approximate surface area is 96.3 Å². The van der Waals surface area contributed by atoms with Crippen molar-refractivity contribution in [2.75, 3.05) is 13.2 Å². The van der Waals surface area contributed by atoms with Gasteiger partial charge in [0.2, 0.25) is 0 Å². The smallest absolute Gasteiger partial charge is 0.268 e. The van der Waals surface area contributed by atoms with Crippen LogP contribution in [-0.2, 0) is 9.05 Å². The largest absolute Gasteiger partial charge is 0.490 e. The number of hydrogen-bond donors (Lipinski definition) is 0. The highest BCUT2D eigenvalue weighted by atomic mass is 35.7. The van der Waals surface area contributed by atoms with Crippen LogP contribution in [0.25, 0.3) is 0 Å². The first kappa shape index (κ1) is 11.5. The van der Waals surface area contributed by atoms with Gasteiger partial charge in [-0.25, -0.2) is 12.8 Å². The van der Waals surface area contributed by atoms with Crippen molar-refractivity contribution in [1.82, 2.24) is 0 Å². The van der Waals surface area contributed by atoms with Crippen LogP contribution in [0, 0.1) is 5.82 Å². The Morgan fingerprint density at radius 3 is 2.62 bits per heavy atom. The van der Waals surface area contributed by atoms with Gasteiger partial charge in [0.05, 0.1) is 13.2 Å². The summed E-state index contributed by atoms with van der Waals surface area (Å²) < 4.78 is 46.2. The minimum atomic E-state index is -4.20. The maximum atomic E-state index is 13.4. The fraction of sp³-hybridized carbons (Fsp3) is 0.333. The molecule has 88 valence electrons. The first-order chi connectivity index (χ1) is 7.50. The van der Waals surface area contributed by atoms with Gasteiger partial charge in [0.1, 0.15) is 5.82 Å². The third kappa shape index (κ3) is 2.08. The van der Waals surface area contributed by atoms with Crippen molar-refractivity contribution in [2.45, 2.75) is 11.3 Å². The quantitative estimate of drug-likeness (QED) is 0.729. The second kappa shape index (κ2) is 4.10. The predicted molar refractivity (Wildman–Crippen MR) is 55.0 cm³/mol. The van der Waals surface area contributed by atoms with Gasteiger partial charge in [-0.3, -0.25) is 0 Å². The SMILES string of the molecule is O=S(=O)(Cl)c1c(F)ccc2c1OCCCO2. The summed E-state index contributed by atoms with van der Waals surface area (Å²) >= 11 is 0. The number of rotatable bonds is 1. The van der Waals surface area contributed by atoms with E-state index < -0.39 is 19.8 Å². The fourth-order valence-corrected chi connectivity index (χ4v) is 2.53. The highest BCUT2D eigenvalue weighted by Gasteiger charge is 2.27. The number of hydrogen-bond acceptors (Lipinski definition) is 4. The topological polar surface area (TPSA) is 52.6 Å². The van der Waals surface area contributed by atoms with Gasteiger partial charge in [-0.2, -0.15) is 0 Å². The van der Waals surface area contributed by atoms with Crippen LogP contribution in [0.1, 0.15) is 6.42 Å². The first-order valence-electron chi connectivity index (χ1n) is 4.53. The Morgan fingerprint density at radius 2 is 1.94 bits per heavy atom. The summed E-state index contributed by atoms with van der Waals surface area (Å²) in [4.78, 5) is -0.659. The molecule has 4 nitrogen and oxygen atoms in total. The average Bonchev–Trinajstić information content (AvgIpc) is 2.40. The van der Waals surface area contributed by atoms with Crippen molar-refractivity contribution < 1.29 is 22.3 Å². The molecule has 0 radical (unpaired) electrons. The summed E-state index contributed by atoms with van der Waals surface area (Å²) in [5.41, 5.74) is 0. The first-order valence-corrected chi connectivity index (χ1v) is 6.84. The summed E-state index contributed by atoms with van der Waals surface area (Å²) in [5, 5.41) is 0. The van der Waals surface area contributed by atoms with E-state index in [2.05, 4.69) is 0 Å². The van der Waals surface area contributed by atoms with Crippen LogP contribution in [0.2, 0.25) is 0 Å². The zero-order chi connectivity index (χ0) is 11.8. The summed E-state index contributed by atoms with van der Waals surface area (Å²) in [6.45, 7) is 0.649. The van der Waals surface area contributed by atoms with E-state index in [-0.39, 0.29) is 18.1 Å². The van der Waals surface area contributed by atoms with E-state index >= 15 is 0 Å². The Bertz CT molecular complexity index is 514. The highest BCUT2D eigenvalue weighted by Crippen LogP contribution is 2.39. The van der Waals surface area contributed by atoms with Gasteiger partial charge >= 0.3 is 0 Å². The second-order valence-corrected chi connectivity index (χ2v) is 5.69. The minimum absolute atomic E-state index is 0.146. The molecule has 1 heterocycles. The predicted octanol–water partition coefficient (Wildman–Crippen LogP) is 1.91. The zero-order valence-corrected chi connectivity index (χ0v) is 9.65. The lowest BCUT2D eigenvalue weighted by atomic mass is 10.3. The minimum Gasteiger partial charge on any atom is -0.490 e. The second-order valence-electron chi connectivity index (χ2n) is 3.19. The normalized spacial score (nSPS) is 15.6. The molecule has 0 saturated heterocycles. The lowest BCUT2D eigenvalue weighted by Gasteiger charge is -2.10. The van der Waals surface area contributed by atoms with Crippen molar-refractivity contribution >= 4 is 19.7 Å². The standard InChI is InChI=1S/C9H8ClFO4S/c10-16(12,13)9-6(11)2-3-7-8(9)15-5-1-4-14-7/h2-3H,1,4-5H2. The Kier molecular flexibility index (Phi) is 2.94. The molecule has 0 bridgehead atoms. The molecule has 0 atom stereocenters. The van der Waals surface area contributed by atoms with E-state index in [1.165, 1.54) is 6.07 Å². The molecule has 1 aromatic carbocycles. The van der Waals surface area contributed by atoms with Crippen LogP contribution < -0.4 is 9.47 Å². The van der Waals surface area contributed by atoms with Crippen LogP contribution in [0.3, 0.4) is 0 Å². The fourth-order valence-electron chi connectivity index (χ4n) is 1.41. The molecular formula is C9H8ClFO4S. The molecule has 1 aliphatic rings. The number of halogens is 2. The Hall–Kier alpha value is -1.01. The van der Waals surface area contributed by atoms with Crippen molar-refractivity contribution in [1.29, 1.82) is 0 Å². The molecule has 16 heavy (non-hydrogen) atoms. The van der Waals surface area contributed by atoms with Crippen LogP contribution >= 0.6 is 10.7 Å². The molecule has 0 fully saturated rings. The van der Waals surface area contributed by atoms with E-state index in [9.17, 15) is 12.8 Å². The van der Waals surface area contributed by atoms with Crippen LogP contribution in [0.4, 0.5) is 4.39 Å². The van der Waals surface area contributed by atoms with Gasteiger partial charge in [0.15, 0.2) is 16.4 Å². The van der Waals surface area contributed by atoms with Crippen LogP contribution in [0.5, 0.6) is 11.5 Å². The Balaban J connectivity index is 2.67. The average molecular weight is 267 g/mol. The van der Waals surface area contributed by atoms with Gasteiger partial charge in [0.25, 0.3) is 9.05 Å². The molecule has 0 unspecified atom stereocenters. The molecule has 0 aliphatic carbocycles. The number of ether oxygens (including phenoxy) is 2. The van der Waals surface area contributed by atoms with Gasteiger partial charge in [0, 0.05) is 17.1 Å². The van der Waals surface area contributed by atoms with Gasteiger partial charge in [-0.15, -0.1) is 0 Å². The summed E-state index contributed by atoms with van der Waals surface area (Å²) in [5.74, 6) is -0.898. The van der Waals surface area contributed by atoms with Crippen LogP contribution in [-0.4, -0.2) is 21.6 Å². The molecular weight excluding hydrogens is 259 g/mol. The van der Waals surface area contributed by atoms with Gasteiger partial charge < -0.3 is 9.47 Å². The Morgan fingerprint density at radius 1 is 1.25 bits per heavy atom. The highest BCUT2D eigenvalue weighted by molar-refractivity contribution is 8.13. The van der Waals surface area contributed by atoms with E-state index in [4.69, 9.17) is 20.2 Å². The molecule has 0 amide bonds. The monoisotopic (exact) mass is 266 g/mol. The molecule has 0 saturated carbocycles. The molecule has 7 heteroatoms. The third-order valence-electron chi connectivity index (χ3n) is 2.06. The van der Waals surface area contributed by atoms with Gasteiger partial charge in [-0.1, -0.05) is 0 Å². The molecule has 0 aromatic heterocycles. The lowest BCUT2D eigenvalue weighted by molar-refractivity contribution is 0.294. The summed E-state index contributed by atoms with van der Waals surface area (Å²) in [6, 6.07) is 2.31. The third-order valence-corrected chi connectivity index (χ3v) is 3.40. The van der Waals surface area contributed by atoms with E-state index in [1.54, 1.807) is 0 Å². The lowest BCUT2D eigenvalue weighted by Crippen LogP contribution is -2.02. The molecule has 2 rings (SSSR count). The molecule has 1 aliphatic heterocycles. The van der Waals surface area contributed by atoms with E-state index in [0.717, 1.165) is 6.07 Å². The van der Waals surface area contributed by atoms with Crippen molar-refractivity contribution in [3.8, 4) is 11.5 Å². The molecule has 1 aromatic rings. The zero-order valence-electron chi connectivity index (χ0n) is 8.07. The van der Waals surface area contributed by atoms with Crippen molar-refractivity contribution in [2.24, 2.45) is 0 Å². The van der Waals surface area contributed by atoms with E-state index in [0.29, 0.717) is 13.0 Å². The summed E-state index contributed by atoms with van der Waals surface area (Å²) in [6.07, 6.45) is 0.595. The maximum absolute atomic E-state index is 13.4. The number of fused-ring (bicyclic) bond motifs is 1. The number of benzene rings is 1. The van der Waals surface area contributed by atoms with E-state index in [1.807, 2.05) is 0 Å².